The number of esters is 1. The van der Waals surface area contributed by atoms with Crippen molar-refractivity contribution >= 4 is 57.8 Å². The monoisotopic (exact) mass is 583 g/mol. The lowest BCUT2D eigenvalue weighted by atomic mass is 9.84. The van der Waals surface area contributed by atoms with Gasteiger partial charge < -0.3 is 29.4 Å². The molecule has 2 aliphatic rings. The third-order valence-electron chi connectivity index (χ3n) is 7.19. The van der Waals surface area contributed by atoms with Crippen molar-refractivity contribution in [1.29, 1.82) is 0 Å². The lowest BCUT2D eigenvalue weighted by Gasteiger charge is -2.38. The highest BCUT2D eigenvalue weighted by Crippen LogP contribution is 2.36. The summed E-state index contributed by atoms with van der Waals surface area (Å²) >= 11 is 5.90. The SMILES string of the molecule is CCCOC(=O)c1nccc2oc(C(=O)Nc3ccc(Cl)cn3)c(NC(=O)C3CCC(N4CCOCC4=O)CC3)c12. The fraction of sp³-hybridized carbons (Fsp3) is 0.429. The van der Waals surface area contributed by atoms with E-state index in [1.807, 2.05) is 11.8 Å². The van der Waals surface area contributed by atoms with Crippen molar-refractivity contribution in [2.75, 3.05) is 37.0 Å². The van der Waals surface area contributed by atoms with E-state index in [2.05, 4.69) is 20.6 Å². The van der Waals surface area contributed by atoms with Gasteiger partial charge in [0.2, 0.25) is 17.6 Å². The summed E-state index contributed by atoms with van der Waals surface area (Å²) in [6, 6.07) is 4.65. The summed E-state index contributed by atoms with van der Waals surface area (Å²) in [7, 11) is 0. The second-order valence-corrected chi connectivity index (χ2v) is 10.4. The smallest absolute Gasteiger partial charge is 0.357 e. The average Bonchev–Trinajstić information content (AvgIpc) is 3.36. The number of rotatable bonds is 8. The average molecular weight is 584 g/mol. The van der Waals surface area contributed by atoms with Crippen LogP contribution < -0.4 is 10.6 Å². The van der Waals surface area contributed by atoms with E-state index < -0.39 is 11.9 Å². The number of aromatic nitrogens is 2. The van der Waals surface area contributed by atoms with Crippen molar-refractivity contribution in [1.82, 2.24) is 14.9 Å². The fourth-order valence-corrected chi connectivity index (χ4v) is 5.27. The second-order valence-electron chi connectivity index (χ2n) is 9.92. The van der Waals surface area contributed by atoms with Gasteiger partial charge in [-0.15, -0.1) is 0 Å². The van der Waals surface area contributed by atoms with Gasteiger partial charge in [0.15, 0.2) is 5.69 Å². The molecule has 1 saturated heterocycles. The van der Waals surface area contributed by atoms with E-state index in [1.165, 1.54) is 24.5 Å². The van der Waals surface area contributed by atoms with Crippen molar-refractivity contribution in [3.05, 3.63) is 47.1 Å². The number of nitrogens with zero attached hydrogens (tertiary/aromatic N) is 3. The summed E-state index contributed by atoms with van der Waals surface area (Å²) in [6.45, 7) is 3.18. The standard InChI is InChI=1S/C28H30ClN5O7/c1-2-12-40-28(38)24-22-19(9-10-30-24)41-25(27(37)32-20-8-5-17(29)14-31-20)23(22)33-26(36)16-3-6-18(7-4-16)34-11-13-39-15-21(34)35/h5,8-10,14,16,18H,2-4,6-7,11-13,15H2,1H3,(H,33,36)(H,31,32,37). The highest BCUT2D eigenvalue weighted by Gasteiger charge is 2.34. The molecule has 0 bridgehead atoms. The molecule has 1 aliphatic heterocycles. The number of morpholine rings is 1. The molecule has 3 aromatic rings. The fourth-order valence-electron chi connectivity index (χ4n) is 5.16. The Kier molecular flexibility index (Phi) is 8.79. The van der Waals surface area contributed by atoms with Gasteiger partial charge in [-0.05, 0) is 50.3 Å². The minimum Gasteiger partial charge on any atom is -0.461 e. The van der Waals surface area contributed by atoms with Crippen LogP contribution in [-0.2, 0) is 19.1 Å². The molecule has 216 valence electrons. The molecule has 3 amide bonds. The molecule has 12 nitrogen and oxygen atoms in total. The van der Waals surface area contributed by atoms with Crippen molar-refractivity contribution in [2.45, 2.75) is 45.1 Å². The van der Waals surface area contributed by atoms with Gasteiger partial charge >= 0.3 is 5.97 Å². The first-order valence-electron chi connectivity index (χ1n) is 13.5. The van der Waals surface area contributed by atoms with Crippen LogP contribution in [0.15, 0.2) is 35.0 Å². The molecule has 3 aromatic heterocycles. The van der Waals surface area contributed by atoms with E-state index in [-0.39, 0.29) is 70.9 Å². The molecule has 0 radical (unpaired) electrons. The van der Waals surface area contributed by atoms with Gasteiger partial charge in [-0.1, -0.05) is 18.5 Å². The number of furan rings is 1. The second kappa shape index (κ2) is 12.6. The molecule has 0 atom stereocenters. The van der Waals surface area contributed by atoms with E-state index >= 15 is 0 Å². The van der Waals surface area contributed by atoms with Crippen LogP contribution in [0.5, 0.6) is 0 Å². The van der Waals surface area contributed by atoms with Crippen molar-refractivity contribution in [3.63, 3.8) is 0 Å². The summed E-state index contributed by atoms with van der Waals surface area (Å²) < 4.78 is 16.4. The Hall–Kier alpha value is -4.03. The molecular formula is C28H30ClN5O7. The third-order valence-corrected chi connectivity index (χ3v) is 7.41. The number of ether oxygens (including phenoxy) is 2. The number of hydrogen-bond acceptors (Lipinski definition) is 9. The van der Waals surface area contributed by atoms with E-state index in [0.29, 0.717) is 50.3 Å². The quantitative estimate of drug-likeness (QED) is 0.374. The predicted molar refractivity (Wildman–Crippen MR) is 149 cm³/mol. The van der Waals surface area contributed by atoms with Gasteiger partial charge in [-0.3, -0.25) is 14.4 Å². The lowest BCUT2D eigenvalue weighted by Crippen LogP contribution is -2.49. The maximum Gasteiger partial charge on any atom is 0.357 e. The number of fused-ring (bicyclic) bond motifs is 1. The molecule has 5 rings (SSSR count). The van der Waals surface area contributed by atoms with Gasteiger partial charge in [0.1, 0.15) is 23.7 Å². The Labute approximate surface area is 240 Å². The maximum atomic E-state index is 13.5. The zero-order valence-electron chi connectivity index (χ0n) is 22.5. The van der Waals surface area contributed by atoms with Gasteiger partial charge in [-0.25, -0.2) is 14.8 Å². The minimum absolute atomic E-state index is 0.0264. The molecule has 41 heavy (non-hydrogen) atoms. The molecule has 0 aromatic carbocycles. The van der Waals surface area contributed by atoms with Crippen LogP contribution in [0, 0.1) is 5.92 Å². The molecule has 1 saturated carbocycles. The van der Waals surface area contributed by atoms with E-state index in [4.69, 9.17) is 25.5 Å². The summed E-state index contributed by atoms with van der Waals surface area (Å²) in [5.74, 6) is -2.11. The van der Waals surface area contributed by atoms with Crippen molar-refractivity contribution < 1.29 is 33.1 Å². The number of halogens is 1. The Morgan fingerprint density at radius 3 is 2.63 bits per heavy atom. The number of nitrogens with one attached hydrogen (secondary N) is 2. The number of carbonyl (C=O) groups excluding carboxylic acids is 4. The van der Waals surface area contributed by atoms with Crippen molar-refractivity contribution in [2.24, 2.45) is 5.92 Å². The lowest BCUT2D eigenvalue weighted by molar-refractivity contribution is -0.146. The number of amides is 3. The van der Waals surface area contributed by atoms with Gasteiger partial charge in [0.25, 0.3) is 5.91 Å². The van der Waals surface area contributed by atoms with Crippen molar-refractivity contribution in [3.8, 4) is 0 Å². The van der Waals surface area contributed by atoms with Gasteiger partial charge in [0, 0.05) is 30.9 Å². The molecule has 2 N–H and O–H groups in total. The van der Waals surface area contributed by atoms with E-state index in [9.17, 15) is 19.2 Å². The molecule has 13 heteroatoms. The van der Waals surface area contributed by atoms with Crippen LogP contribution in [0.3, 0.4) is 0 Å². The van der Waals surface area contributed by atoms with Crippen LogP contribution >= 0.6 is 11.6 Å². The number of hydrogen-bond donors (Lipinski definition) is 2. The summed E-state index contributed by atoms with van der Waals surface area (Å²) in [6.07, 6.45) is 5.80. The minimum atomic E-state index is -0.698. The Morgan fingerprint density at radius 2 is 1.93 bits per heavy atom. The maximum absolute atomic E-state index is 13.5. The summed E-state index contributed by atoms with van der Waals surface area (Å²) in [4.78, 5) is 62.1. The van der Waals surface area contributed by atoms with Crippen LogP contribution in [0.2, 0.25) is 5.02 Å². The predicted octanol–water partition coefficient (Wildman–Crippen LogP) is 4.05. The molecule has 2 fully saturated rings. The Bertz CT molecular complexity index is 1450. The molecular weight excluding hydrogens is 554 g/mol. The summed E-state index contributed by atoms with van der Waals surface area (Å²) in [5, 5.41) is 6.05. The number of carbonyl (C=O) groups is 4. The zero-order valence-corrected chi connectivity index (χ0v) is 23.2. The highest BCUT2D eigenvalue weighted by atomic mass is 35.5. The highest BCUT2D eigenvalue weighted by molar-refractivity contribution is 6.30. The first-order valence-corrected chi connectivity index (χ1v) is 13.9. The Balaban J connectivity index is 1.41. The first kappa shape index (κ1) is 28.5. The van der Waals surface area contributed by atoms with E-state index in [0.717, 1.165) is 0 Å². The molecule has 4 heterocycles. The largest absolute Gasteiger partial charge is 0.461 e. The summed E-state index contributed by atoms with van der Waals surface area (Å²) in [5.41, 5.74) is 0.134. The van der Waals surface area contributed by atoms with Crippen LogP contribution in [0.1, 0.15) is 60.1 Å². The van der Waals surface area contributed by atoms with Gasteiger partial charge in [-0.2, -0.15) is 0 Å². The van der Waals surface area contributed by atoms with E-state index in [1.54, 1.807) is 6.07 Å². The van der Waals surface area contributed by atoms with Gasteiger partial charge in [0.05, 0.1) is 23.6 Å². The normalized spacial score (nSPS) is 19.2. The molecule has 1 aliphatic carbocycles. The zero-order chi connectivity index (χ0) is 28.9. The van der Waals surface area contributed by atoms with Crippen LogP contribution in [-0.4, -0.2) is 71.0 Å². The molecule has 0 unspecified atom stereocenters. The first-order chi connectivity index (χ1) is 19.9. The van der Waals surface area contributed by atoms with Crippen LogP contribution in [0.25, 0.3) is 11.0 Å². The number of pyridine rings is 2. The Morgan fingerprint density at radius 1 is 1.12 bits per heavy atom. The number of anilines is 2. The third kappa shape index (κ3) is 6.33. The van der Waals surface area contributed by atoms with Crippen LogP contribution in [0.4, 0.5) is 11.5 Å². The molecule has 0 spiro atoms. The topological polar surface area (TPSA) is 153 Å².